The molecule has 1 fully saturated rings. The topological polar surface area (TPSA) is 200 Å². The number of benzene rings is 1. The molecule has 0 spiro atoms. The average Bonchev–Trinajstić information content (AvgIpc) is 3.32. The summed E-state index contributed by atoms with van der Waals surface area (Å²) in [4.78, 5) is 71.7. The fraction of sp³-hybridized carbons (Fsp3) is 0.360. The smallest absolute Gasteiger partial charge is 0.479 e. The number of carboxylic acid groups (broad SMARTS) is 2. The molecule has 20 heteroatoms. The van der Waals surface area contributed by atoms with E-state index in [1.807, 2.05) is 0 Å². The van der Waals surface area contributed by atoms with E-state index >= 15 is 0 Å². The van der Waals surface area contributed by atoms with Gasteiger partial charge in [0.05, 0.1) is 19.2 Å². The first-order valence-corrected chi connectivity index (χ1v) is 12.4. The molecule has 2 unspecified atom stereocenters. The van der Waals surface area contributed by atoms with E-state index < -0.39 is 84.1 Å². The van der Waals surface area contributed by atoms with Gasteiger partial charge in [0.1, 0.15) is 17.2 Å². The molecule has 2 aliphatic rings. The molecule has 0 aliphatic carbocycles. The van der Waals surface area contributed by atoms with E-state index in [1.54, 1.807) is 6.92 Å². The van der Waals surface area contributed by atoms with E-state index in [1.165, 1.54) is 9.47 Å². The number of rotatable bonds is 8. The number of hydrogen-bond acceptors (Lipinski definition) is 10. The first-order valence-electron chi connectivity index (χ1n) is 12.4. The van der Waals surface area contributed by atoms with Crippen molar-refractivity contribution < 1.29 is 75.1 Å². The molecule has 1 saturated heterocycles. The Kier molecular flexibility index (Phi) is 10.7. The van der Waals surface area contributed by atoms with Gasteiger partial charge in [0.25, 0.3) is 11.8 Å². The minimum Gasteiger partial charge on any atom is -0.479 e. The van der Waals surface area contributed by atoms with Crippen molar-refractivity contribution in [2.75, 3.05) is 20.0 Å². The first-order chi connectivity index (χ1) is 21.0. The third-order valence-electron chi connectivity index (χ3n) is 5.98. The maximum absolute atomic E-state index is 14.0. The maximum Gasteiger partial charge on any atom is 0.511 e. The van der Waals surface area contributed by atoms with Crippen LogP contribution in [0.2, 0.25) is 0 Å². The van der Waals surface area contributed by atoms with Gasteiger partial charge in [-0.15, -0.1) is 0 Å². The molecule has 2 amide bonds. The number of ether oxygens (including phenoxy) is 4. The van der Waals surface area contributed by atoms with Crippen LogP contribution >= 0.6 is 0 Å². The second kappa shape index (κ2) is 14.0. The molecule has 2 atom stereocenters. The summed E-state index contributed by atoms with van der Waals surface area (Å²) in [5.41, 5.74) is -1.78. The van der Waals surface area contributed by atoms with E-state index in [0.29, 0.717) is 6.07 Å². The molecule has 2 aromatic rings. The van der Waals surface area contributed by atoms with Gasteiger partial charge < -0.3 is 43.9 Å². The van der Waals surface area contributed by atoms with E-state index in [2.05, 4.69) is 14.8 Å². The Balaban J connectivity index is 0.000000707. The van der Waals surface area contributed by atoms with E-state index in [9.17, 15) is 45.9 Å². The van der Waals surface area contributed by atoms with Crippen molar-refractivity contribution in [3.63, 3.8) is 0 Å². The molecule has 0 radical (unpaired) electrons. The number of nitrogens with zero attached hydrogens (tertiary/aromatic N) is 2. The zero-order valence-corrected chi connectivity index (χ0v) is 22.8. The van der Waals surface area contributed by atoms with Crippen LogP contribution in [-0.4, -0.2) is 88.0 Å². The summed E-state index contributed by atoms with van der Waals surface area (Å²) in [5.74, 6) is -8.09. The van der Waals surface area contributed by atoms with E-state index in [4.69, 9.17) is 24.5 Å². The van der Waals surface area contributed by atoms with Crippen LogP contribution in [0.3, 0.4) is 0 Å². The van der Waals surface area contributed by atoms with Gasteiger partial charge >= 0.3 is 24.3 Å². The third-order valence-corrected chi connectivity index (χ3v) is 5.98. The number of carboxylic acids is 2. The van der Waals surface area contributed by atoms with Crippen LogP contribution in [0, 0.1) is 11.6 Å². The minimum atomic E-state index is -5.08. The molecule has 45 heavy (non-hydrogen) atoms. The number of carbonyl (C=O) groups excluding carboxylic acids is 3. The van der Waals surface area contributed by atoms with E-state index in [-0.39, 0.29) is 37.0 Å². The molecular weight excluding hydrogens is 629 g/mol. The molecule has 2 aliphatic heterocycles. The van der Waals surface area contributed by atoms with Crippen LogP contribution in [0.15, 0.2) is 29.2 Å². The van der Waals surface area contributed by atoms with Crippen molar-refractivity contribution in [2.45, 2.75) is 38.5 Å². The third kappa shape index (κ3) is 8.43. The summed E-state index contributed by atoms with van der Waals surface area (Å²) < 4.78 is 79.9. The minimum absolute atomic E-state index is 0.0381. The Labute approximate surface area is 247 Å². The summed E-state index contributed by atoms with van der Waals surface area (Å²) in [7, 11) is 0. The number of nitrogens with one attached hydrogen (secondary N) is 1. The largest absolute Gasteiger partial charge is 0.511 e. The summed E-state index contributed by atoms with van der Waals surface area (Å²) in [5, 5.41) is 18.0. The highest BCUT2D eigenvalue weighted by Crippen LogP contribution is 2.30. The van der Waals surface area contributed by atoms with Crippen molar-refractivity contribution >= 4 is 29.9 Å². The highest BCUT2D eigenvalue weighted by atomic mass is 19.4. The predicted octanol–water partition coefficient (Wildman–Crippen LogP) is 1.46. The van der Waals surface area contributed by atoms with Crippen molar-refractivity contribution in [1.29, 1.82) is 0 Å². The number of aromatic nitrogens is 1. The fourth-order valence-corrected chi connectivity index (χ4v) is 3.99. The normalized spacial score (nSPS) is 16.8. The molecule has 244 valence electrons. The standard InChI is InChI=1S/C23H21F2N3O10.C2HF3O2/c1-11-8-35-16-7-27-6-14(21(32)26-5-12-2-3-13(24)4-15(12)25)19(31)20(18(27)22(33)28(11)16)37-10-38-23(34)36-9-17(29)30;3-2(4,5)1(6)7/h2-4,6,11,16H,5,7-10H2,1H3,(H,26,32)(H,29,30);(H,6,7). The lowest BCUT2D eigenvalue weighted by Gasteiger charge is -2.34. The Morgan fingerprint density at radius 3 is 2.38 bits per heavy atom. The summed E-state index contributed by atoms with van der Waals surface area (Å²) in [6.45, 7) is -0.291. The number of hydrogen-bond donors (Lipinski definition) is 3. The van der Waals surface area contributed by atoms with Crippen molar-refractivity contribution in [3.8, 4) is 5.75 Å². The molecule has 15 nitrogen and oxygen atoms in total. The van der Waals surface area contributed by atoms with Gasteiger partial charge in [0, 0.05) is 24.4 Å². The fourth-order valence-electron chi connectivity index (χ4n) is 3.99. The number of pyridine rings is 1. The number of halogens is 5. The van der Waals surface area contributed by atoms with Gasteiger partial charge in [0.2, 0.25) is 18.0 Å². The van der Waals surface area contributed by atoms with Crippen molar-refractivity contribution in [3.05, 3.63) is 63.1 Å². The summed E-state index contributed by atoms with van der Waals surface area (Å²) in [6, 6.07) is 2.46. The molecule has 3 heterocycles. The lowest BCUT2D eigenvalue weighted by Crippen LogP contribution is -2.49. The molecule has 3 N–H and O–H groups in total. The van der Waals surface area contributed by atoms with Crippen LogP contribution in [0.25, 0.3) is 0 Å². The molecule has 0 bridgehead atoms. The average molecular weight is 651 g/mol. The Bertz CT molecular complexity index is 1560. The summed E-state index contributed by atoms with van der Waals surface area (Å²) >= 11 is 0. The van der Waals surface area contributed by atoms with Crippen LogP contribution in [0.5, 0.6) is 5.75 Å². The number of amides is 2. The van der Waals surface area contributed by atoms with Gasteiger partial charge in [-0.1, -0.05) is 6.07 Å². The number of alkyl halides is 3. The number of carbonyl (C=O) groups is 5. The Morgan fingerprint density at radius 1 is 1.11 bits per heavy atom. The highest BCUT2D eigenvalue weighted by molar-refractivity contribution is 5.99. The van der Waals surface area contributed by atoms with Gasteiger partial charge in [-0.2, -0.15) is 13.2 Å². The van der Waals surface area contributed by atoms with Crippen LogP contribution in [-0.2, 0) is 36.9 Å². The van der Waals surface area contributed by atoms with Gasteiger partial charge in [-0.05, 0) is 13.0 Å². The Morgan fingerprint density at radius 2 is 1.78 bits per heavy atom. The van der Waals surface area contributed by atoms with Gasteiger partial charge in [-0.25, -0.2) is 23.2 Å². The van der Waals surface area contributed by atoms with Crippen molar-refractivity contribution in [2.24, 2.45) is 0 Å². The highest BCUT2D eigenvalue weighted by Gasteiger charge is 2.43. The Hall–Kier alpha value is -5.27. The van der Waals surface area contributed by atoms with Crippen LogP contribution in [0.1, 0.15) is 33.3 Å². The summed E-state index contributed by atoms with van der Waals surface area (Å²) in [6.07, 6.45) is -6.04. The molecular formula is C25H22F5N3O12. The second-order valence-corrected chi connectivity index (χ2v) is 9.11. The van der Waals surface area contributed by atoms with Crippen molar-refractivity contribution in [1.82, 2.24) is 14.8 Å². The first kappa shape index (κ1) is 34.2. The lowest BCUT2D eigenvalue weighted by atomic mass is 10.1. The second-order valence-electron chi connectivity index (χ2n) is 9.11. The molecule has 0 saturated carbocycles. The molecule has 1 aromatic carbocycles. The lowest BCUT2D eigenvalue weighted by molar-refractivity contribution is -0.192. The monoisotopic (exact) mass is 651 g/mol. The van der Waals surface area contributed by atoms with Gasteiger partial charge in [-0.3, -0.25) is 14.4 Å². The van der Waals surface area contributed by atoms with Crippen LogP contribution in [0.4, 0.5) is 26.7 Å². The number of aliphatic carboxylic acids is 2. The molecule has 1 aromatic heterocycles. The zero-order chi connectivity index (χ0) is 33.6. The quantitative estimate of drug-likeness (QED) is 0.211. The van der Waals surface area contributed by atoms with E-state index in [0.717, 1.165) is 18.3 Å². The van der Waals surface area contributed by atoms with Gasteiger partial charge in [0.15, 0.2) is 18.5 Å². The molecule has 4 rings (SSSR count). The SMILES string of the molecule is CC1COC2Cn3cc(C(=O)NCc4ccc(F)cc4F)c(=O)c(OCOC(=O)OCC(=O)O)c3C(=O)N12.O=C(O)C(F)(F)F. The predicted molar refractivity (Wildman–Crippen MR) is 133 cm³/mol. The zero-order valence-electron chi connectivity index (χ0n) is 22.8. The number of fused-ring (bicyclic) bond motifs is 2. The van der Waals surface area contributed by atoms with Crippen LogP contribution < -0.4 is 15.5 Å². The maximum atomic E-state index is 14.0.